The first-order valence-corrected chi connectivity index (χ1v) is 8.51. The van der Waals surface area contributed by atoms with E-state index in [0.29, 0.717) is 12.3 Å². The molecule has 1 aromatic rings. The van der Waals surface area contributed by atoms with Crippen LogP contribution in [0.4, 0.5) is 5.69 Å². The lowest BCUT2D eigenvalue weighted by Gasteiger charge is -2.12. The molecule has 0 radical (unpaired) electrons. The van der Waals surface area contributed by atoms with Crippen LogP contribution in [-0.4, -0.2) is 27.7 Å². The van der Waals surface area contributed by atoms with Gasteiger partial charge in [0.25, 0.3) is 0 Å². The Morgan fingerprint density at radius 2 is 2.05 bits per heavy atom. The zero-order valence-corrected chi connectivity index (χ0v) is 12.7. The van der Waals surface area contributed by atoms with Gasteiger partial charge < -0.3 is 10.5 Å². The molecule has 0 spiro atoms. The molecule has 0 unspecified atom stereocenters. The van der Waals surface area contributed by atoms with Gasteiger partial charge in [-0.15, -0.1) is 0 Å². The third-order valence-electron chi connectivity index (χ3n) is 3.30. The number of hydrogen-bond acceptors (Lipinski definition) is 4. The van der Waals surface area contributed by atoms with E-state index >= 15 is 0 Å². The fourth-order valence-corrected chi connectivity index (χ4v) is 3.83. The van der Waals surface area contributed by atoms with Crippen LogP contribution in [0.5, 0.6) is 0 Å². The minimum atomic E-state index is -3.62. The number of anilines is 1. The zero-order valence-electron chi connectivity index (χ0n) is 11.1. The van der Waals surface area contributed by atoms with Crippen molar-refractivity contribution in [3.8, 4) is 0 Å². The fourth-order valence-electron chi connectivity index (χ4n) is 2.27. The third kappa shape index (κ3) is 4.09. The first kappa shape index (κ1) is 15.6. The summed E-state index contributed by atoms with van der Waals surface area (Å²) in [6.07, 6.45) is 4.79. The summed E-state index contributed by atoms with van der Waals surface area (Å²) in [5.41, 5.74) is 5.97. The molecule has 0 atom stereocenters. The molecule has 5 nitrogen and oxygen atoms in total. The Labute approximate surface area is 124 Å². The molecule has 1 aliphatic rings. The number of hydrogen-bond donors (Lipinski definition) is 2. The molecular weight excluding hydrogens is 300 g/mol. The highest BCUT2D eigenvalue weighted by atomic mass is 35.5. The van der Waals surface area contributed by atoms with Gasteiger partial charge in [0.15, 0.2) is 0 Å². The summed E-state index contributed by atoms with van der Waals surface area (Å²) in [6, 6.07) is 4.33. The van der Waals surface area contributed by atoms with Gasteiger partial charge in [0.05, 0.1) is 17.7 Å². The first-order valence-electron chi connectivity index (χ1n) is 6.65. The Kier molecular flexibility index (Phi) is 5.26. The van der Waals surface area contributed by atoms with Gasteiger partial charge in [-0.3, -0.25) is 0 Å². The van der Waals surface area contributed by atoms with E-state index in [2.05, 4.69) is 4.72 Å². The Balaban J connectivity index is 1.87. The molecule has 7 heteroatoms. The number of sulfonamides is 1. The number of nitrogens with two attached hydrogens (primary N) is 1. The van der Waals surface area contributed by atoms with Crippen LogP contribution in [0.3, 0.4) is 0 Å². The largest absolute Gasteiger partial charge is 0.399 e. The molecule has 0 saturated heterocycles. The maximum atomic E-state index is 12.1. The highest BCUT2D eigenvalue weighted by molar-refractivity contribution is 7.89. The van der Waals surface area contributed by atoms with Crippen molar-refractivity contribution >= 4 is 27.3 Å². The molecule has 2 rings (SSSR count). The van der Waals surface area contributed by atoms with Crippen molar-refractivity contribution in [1.29, 1.82) is 0 Å². The topological polar surface area (TPSA) is 81.4 Å². The van der Waals surface area contributed by atoms with E-state index < -0.39 is 10.0 Å². The minimum Gasteiger partial charge on any atom is -0.399 e. The van der Waals surface area contributed by atoms with Gasteiger partial charge in [-0.2, -0.15) is 0 Å². The van der Waals surface area contributed by atoms with Crippen LogP contribution in [0.25, 0.3) is 0 Å². The van der Waals surface area contributed by atoms with Crippen molar-refractivity contribution in [2.75, 3.05) is 18.9 Å². The van der Waals surface area contributed by atoms with Crippen LogP contribution < -0.4 is 10.5 Å². The average molecular weight is 319 g/mol. The van der Waals surface area contributed by atoms with Crippen molar-refractivity contribution < 1.29 is 13.2 Å². The molecule has 0 aromatic heterocycles. The fraction of sp³-hybridized carbons (Fsp3) is 0.538. The second kappa shape index (κ2) is 6.76. The smallest absolute Gasteiger partial charge is 0.242 e. The molecule has 1 aromatic carbocycles. The molecule has 3 N–H and O–H groups in total. The van der Waals surface area contributed by atoms with E-state index in [9.17, 15) is 8.42 Å². The van der Waals surface area contributed by atoms with Crippen LogP contribution in [0.1, 0.15) is 25.7 Å². The highest BCUT2D eigenvalue weighted by Crippen LogP contribution is 2.23. The maximum absolute atomic E-state index is 12.1. The monoisotopic (exact) mass is 318 g/mol. The predicted molar refractivity (Wildman–Crippen MR) is 79.3 cm³/mol. The second-order valence-electron chi connectivity index (χ2n) is 4.86. The summed E-state index contributed by atoms with van der Waals surface area (Å²) in [6.45, 7) is 0.607. The highest BCUT2D eigenvalue weighted by Gasteiger charge is 2.18. The lowest BCUT2D eigenvalue weighted by molar-refractivity contribution is 0.0626. The van der Waals surface area contributed by atoms with E-state index in [0.717, 1.165) is 12.8 Å². The van der Waals surface area contributed by atoms with Gasteiger partial charge in [-0.25, -0.2) is 13.1 Å². The van der Waals surface area contributed by atoms with Gasteiger partial charge >= 0.3 is 0 Å². The molecule has 20 heavy (non-hydrogen) atoms. The van der Waals surface area contributed by atoms with Crippen LogP contribution in [0.15, 0.2) is 23.1 Å². The van der Waals surface area contributed by atoms with Crippen LogP contribution >= 0.6 is 11.6 Å². The SMILES string of the molecule is Nc1ccc(S(=O)(=O)NCCOC2CCCC2)c(Cl)c1. The third-order valence-corrected chi connectivity index (χ3v) is 5.24. The van der Waals surface area contributed by atoms with Crippen LogP contribution in [0.2, 0.25) is 5.02 Å². The van der Waals surface area contributed by atoms with Gasteiger partial charge in [0, 0.05) is 12.2 Å². The Morgan fingerprint density at radius 3 is 2.70 bits per heavy atom. The number of nitrogens with one attached hydrogen (secondary N) is 1. The quantitative estimate of drug-likeness (QED) is 0.622. The van der Waals surface area contributed by atoms with Gasteiger partial charge in [-0.05, 0) is 31.0 Å². The summed E-state index contributed by atoms with van der Waals surface area (Å²) < 4.78 is 32.2. The average Bonchev–Trinajstić information content (AvgIpc) is 2.87. The van der Waals surface area contributed by atoms with Gasteiger partial charge in [0.1, 0.15) is 4.90 Å². The standard InChI is InChI=1S/C13H19ClN2O3S/c14-12-9-10(15)5-6-13(12)20(17,18)16-7-8-19-11-3-1-2-4-11/h5-6,9,11,16H,1-4,7-8,15H2. The summed E-state index contributed by atoms with van der Waals surface area (Å²) in [7, 11) is -3.62. The number of halogens is 1. The van der Waals surface area contributed by atoms with Gasteiger partial charge in [-0.1, -0.05) is 24.4 Å². The molecule has 0 bridgehead atoms. The second-order valence-corrected chi connectivity index (χ2v) is 7.01. The summed E-state index contributed by atoms with van der Waals surface area (Å²) in [5.74, 6) is 0. The lowest BCUT2D eigenvalue weighted by atomic mass is 10.3. The number of benzene rings is 1. The number of rotatable bonds is 6. The van der Waals surface area contributed by atoms with Crippen LogP contribution in [-0.2, 0) is 14.8 Å². The summed E-state index contributed by atoms with van der Waals surface area (Å²) in [4.78, 5) is 0.0363. The molecule has 1 saturated carbocycles. The predicted octanol–water partition coefficient (Wildman–Crippen LogP) is 2.16. The lowest BCUT2D eigenvalue weighted by Crippen LogP contribution is -2.28. The molecule has 112 valence electrons. The van der Waals surface area contributed by atoms with Crippen molar-refractivity contribution in [3.05, 3.63) is 23.2 Å². The first-order chi connectivity index (χ1) is 9.49. The van der Waals surface area contributed by atoms with E-state index in [1.54, 1.807) is 0 Å². The molecule has 0 heterocycles. The normalized spacial score (nSPS) is 16.6. The number of nitrogen functional groups attached to an aromatic ring is 1. The molecule has 0 amide bonds. The number of ether oxygens (including phenoxy) is 1. The van der Waals surface area contributed by atoms with Crippen molar-refractivity contribution in [2.24, 2.45) is 0 Å². The summed E-state index contributed by atoms with van der Waals surface area (Å²) in [5, 5.41) is 0.120. The Bertz CT molecular complexity index is 557. The van der Waals surface area contributed by atoms with E-state index in [4.69, 9.17) is 22.1 Å². The van der Waals surface area contributed by atoms with Crippen molar-refractivity contribution in [2.45, 2.75) is 36.7 Å². The Morgan fingerprint density at radius 1 is 1.35 bits per heavy atom. The van der Waals surface area contributed by atoms with Crippen LogP contribution in [0, 0.1) is 0 Å². The van der Waals surface area contributed by atoms with E-state index in [1.165, 1.54) is 31.0 Å². The minimum absolute atomic E-state index is 0.0363. The van der Waals surface area contributed by atoms with E-state index in [-0.39, 0.29) is 22.6 Å². The molecule has 1 fully saturated rings. The van der Waals surface area contributed by atoms with E-state index in [1.807, 2.05) is 0 Å². The summed E-state index contributed by atoms with van der Waals surface area (Å²) >= 11 is 5.90. The molecular formula is C13H19ClN2O3S. The zero-order chi connectivity index (χ0) is 14.6. The maximum Gasteiger partial charge on any atom is 0.242 e. The van der Waals surface area contributed by atoms with Crippen molar-refractivity contribution in [1.82, 2.24) is 4.72 Å². The molecule has 0 aliphatic heterocycles. The Hall–Kier alpha value is -0.820. The van der Waals surface area contributed by atoms with Crippen molar-refractivity contribution in [3.63, 3.8) is 0 Å². The van der Waals surface area contributed by atoms with Gasteiger partial charge in [0.2, 0.25) is 10.0 Å². The molecule has 1 aliphatic carbocycles.